The van der Waals surface area contributed by atoms with Crippen molar-refractivity contribution >= 4 is 29.1 Å². The van der Waals surface area contributed by atoms with Gasteiger partial charge in [-0.15, -0.1) is 0 Å². The molecule has 2 aromatic rings. The summed E-state index contributed by atoms with van der Waals surface area (Å²) in [4.78, 5) is 14.1. The van der Waals surface area contributed by atoms with Gasteiger partial charge in [-0.1, -0.05) is 41.4 Å². The van der Waals surface area contributed by atoms with E-state index in [1.54, 1.807) is 12.1 Å². The van der Waals surface area contributed by atoms with Crippen LogP contribution >= 0.6 is 23.2 Å². The van der Waals surface area contributed by atoms with E-state index in [4.69, 9.17) is 23.2 Å². The predicted molar refractivity (Wildman–Crippen MR) is 92.6 cm³/mol. The maximum atomic E-state index is 12.2. The fourth-order valence-electron chi connectivity index (χ4n) is 2.74. The van der Waals surface area contributed by atoms with Crippen molar-refractivity contribution in [3.05, 3.63) is 51.7 Å². The van der Waals surface area contributed by atoms with Crippen LogP contribution in [0.15, 0.2) is 30.4 Å². The van der Waals surface area contributed by atoms with E-state index in [-0.39, 0.29) is 5.91 Å². The Morgan fingerprint density at radius 1 is 1.39 bits per heavy atom. The molecule has 1 aliphatic rings. The molecule has 2 heterocycles. The highest BCUT2D eigenvalue weighted by molar-refractivity contribution is 6.42. The van der Waals surface area contributed by atoms with Crippen LogP contribution in [0.25, 0.3) is 11.3 Å². The summed E-state index contributed by atoms with van der Waals surface area (Å²) < 4.78 is 0. The van der Waals surface area contributed by atoms with Gasteiger partial charge in [-0.25, -0.2) is 0 Å². The lowest BCUT2D eigenvalue weighted by atomic mass is 10.0. The summed E-state index contributed by atoms with van der Waals surface area (Å²) >= 11 is 12.1. The van der Waals surface area contributed by atoms with Crippen LogP contribution in [0, 0.1) is 0 Å². The topological polar surface area (TPSA) is 49.0 Å². The molecule has 0 saturated heterocycles. The number of hydrogen-bond donors (Lipinski definition) is 1. The molecule has 1 aromatic carbocycles. The van der Waals surface area contributed by atoms with Crippen LogP contribution in [0.1, 0.15) is 24.6 Å². The highest BCUT2D eigenvalue weighted by Crippen LogP contribution is 2.32. The summed E-state index contributed by atoms with van der Waals surface area (Å²) in [5.41, 5.74) is 3.88. The van der Waals surface area contributed by atoms with Crippen LogP contribution < -0.4 is 0 Å². The quantitative estimate of drug-likeness (QED) is 0.842. The van der Waals surface area contributed by atoms with Crippen LogP contribution in [0.4, 0.5) is 0 Å². The number of fused-ring (bicyclic) bond motifs is 1. The van der Waals surface area contributed by atoms with Crippen LogP contribution in [0.2, 0.25) is 10.0 Å². The lowest BCUT2D eigenvalue weighted by Gasteiger charge is -2.27. The Bertz CT molecular complexity index is 767. The standard InChI is InChI=1S/C17H17Cl2N3O/c1-2-3-4-16(23)22-8-7-15-12(10-22)17(21-20-15)11-5-6-13(18)14(19)9-11/h2-3,5-6,9H,4,7-8,10H2,1H3,(H,20,21). The highest BCUT2D eigenvalue weighted by Gasteiger charge is 2.25. The zero-order valence-corrected chi connectivity index (χ0v) is 14.3. The molecule has 0 saturated carbocycles. The molecule has 4 nitrogen and oxygen atoms in total. The van der Waals surface area contributed by atoms with Gasteiger partial charge < -0.3 is 4.90 Å². The summed E-state index contributed by atoms with van der Waals surface area (Å²) in [7, 11) is 0. The Morgan fingerprint density at radius 2 is 2.22 bits per heavy atom. The first-order valence-corrected chi connectivity index (χ1v) is 8.26. The van der Waals surface area contributed by atoms with E-state index in [0.29, 0.717) is 29.6 Å². The first kappa shape index (κ1) is 16.1. The Morgan fingerprint density at radius 3 is 2.96 bits per heavy atom. The third-order valence-electron chi connectivity index (χ3n) is 4.01. The highest BCUT2D eigenvalue weighted by atomic mass is 35.5. The second-order valence-corrected chi connectivity index (χ2v) is 6.31. The van der Waals surface area contributed by atoms with Gasteiger partial charge in [0.2, 0.25) is 5.91 Å². The van der Waals surface area contributed by atoms with Crippen molar-refractivity contribution in [3.63, 3.8) is 0 Å². The number of carbonyl (C=O) groups excluding carboxylic acids is 1. The van der Waals surface area contributed by atoms with Gasteiger partial charge in [-0.2, -0.15) is 5.10 Å². The molecule has 3 rings (SSSR count). The van der Waals surface area contributed by atoms with E-state index in [1.807, 2.05) is 30.0 Å². The normalized spacial score (nSPS) is 14.3. The number of rotatable bonds is 3. The number of amides is 1. The Labute approximate surface area is 145 Å². The molecule has 0 atom stereocenters. The number of carbonyl (C=O) groups is 1. The lowest BCUT2D eigenvalue weighted by molar-refractivity contribution is -0.131. The molecule has 120 valence electrons. The molecule has 0 radical (unpaired) electrons. The van der Waals surface area contributed by atoms with Crippen molar-refractivity contribution in [3.8, 4) is 11.3 Å². The van der Waals surface area contributed by atoms with Gasteiger partial charge in [0.15, 0.2) is 0 Å². The molecule has 23 heavy (non-hydrogen) atoms. The van der Waals surface area contributed by atoms with Crippen molar-refractivity contribution in [1.82, 2.24) is 15.1 Å². The minimum atomic E-state index is 0.134. The number of halogens is 2. The smallest absolute Gasteiger partial charge is 0.226 e. The number of allylic oxidation sites excluding steroid dienone is 1. The minimum absolute atomic E-state index is 0.134. The van der Waals surface area contributed by atoms with Gasteiger partial charge in [0, 0.05) is 42.8 Å². The molecule has 0 spiro atoms. The van der Waals surface area contributed by atoms with Crippen LogP contribution in [-0.2, 0) is 17.8 Å². The van der Waals surface area contributed by atoms with E-state index in [0.717, 1.165) is 28.9 Å². The van der Waals surface area contributed by atoms with Crippen molar-refractivity contribution in [2.24, 2.45) is 0 Å². The molecule has 0 aliphatic carbocycles. The third kappa shape index (κ3) is 3.28. The number of aromatic amines is 1. The zero-order chi connectivity index (χ0) is 16.4. The minimum Gasteiger partial charge on any atom is -0.338 e. The second kappa shape index (κ2) is 6.77. The largest absolute Gasteiger partial charge is 0.338 e. The number of hydrogen-bond acceptors (Lipinski definition) is 2. The molecular weight excluding hydrogens is 333 g/mol. The average molecular weight is 350 g/mol. The summed E-state index contributed by atoms with van der Waals surface area (Å²) in [5, 5.41) is 8.51. The van der Waals surface area contributed by atoms with Crippen molar-refractivity contribution < 1.29 is 4.79 Å². The summed E-state index contributed by atoms with van der Waals surface area (Å²) in [6, 6.07) is 5.46. The molecule has 1 amide bonds. The van der Waals surface area contributed by atoms with Gasteiger partial charge in [0.05, 0.1) is 15.7 Å². The Balaban J connectivity index is 1.88. The van der Waals surface area contributed by atoms with E-state index < -0.39 is 0 Å². The van der Waals surface area contributed by atoms with E-state index >= 15 is 0 Å². The molecule has 0 fully saturated rings. The summed E-state index contributed by atoms with van der Waals surface area (Å²) in [5.74, 6) is 0.134. The molecule has 1 N–H and O–H groups in total. The third-order valence-corrected chi connectivity index (χ3v) is 4.75. The van der Waals surface area contributed by atoms with Gasteiger partial charge in [0.25, 0.3) is 0 Å². The van der Waals surface area contributed by atoms with Gasteiger partial charge >= 0.3 is 0 Å². The molecule has 0 bridgehead atoms. The van der Waals surface area contributed by atoms with E-state index in [9.17, 15) is 4.79 Å². The molecule has 1 aromatic heterocycles. The van der Waals surface area contributed by atoms with Crippen molar-refractivity contribution in [2.75, 3.05) is 6.54 Å². The number of benzene rings is 1. The zero-order valence-electron chi connectivity index (χ0n) is 12.8. The second-order valence-electron chi connectivity index (χ2n) is 5.50. The monoisotopic (exact) mass is 349 g/mol. The summed E-state index contributed by atoms with van der Waals surface area (Å²) in [6.45, 7) is 3.20. The van der Waals surface area contributed by atoms with Crippen molar-refractivity contribution in [1.29, 1.82) is 0 Å². The first-order chi connectivity index (χ1) is 11.1. The maximum Gasteiger partial charge on any atom is 0.226 e. The SMILES string of the molecule is CC=CCC(=O)N1CCc2[nH]nc(-c3ccc(Cl)c(Cl)c3)c2C1. The van der Waals surface area contributed by atoms with Gasteiger partial charge in [-0.3, -0.25) is 9.89 Å². The van der Waals surface area contributed by atoms with Crippen LogP contribution in [0.5, 0.6) is 0 Å². The molecule has 1 aliphatic heterocycles. The molecule has 6 heteroatoms. The number of H-pyrrole nitrogens is 1. The van der Waals surface area contributed by atoms with E-state index in [1.165, 1.54) is 0 Å². The van der Waals surface area contributed by atoms with Gasteiger partial charge in [-0.05, 0) is 19.1 Å². The average Bonchev–Trinajstić information content (AvgIpc) is 2.98. The van der Waals surface area contributed by atoms with Crippen molar-refractivity contribution in [2.45, 2.75) is 26.3 Å². The van der Waals surface area contributed by atoms with Crippen LogP contribution in [-0.4, -0.2) is 27.5 Å². The predicted octanol–water partition coefficient (Wildman–Crippen LogP) is 4.23. The Hall–Kier alpha value is -1.78. The van der Waals surface area contributed by atoms with E-state index in [2.05, 4.69) is 10.2 Å². The fraction of sp³-hybridized carbons (Fsp3) is 0.294. The van der Waals surface area contributed by atoms with Gasteiger partial charge in [0.1, 0.15) is 0 Å². The van der Waals surface area contributed by atoms with Crippen LogP contribution in [0.3, 0.4) is 0 Å². The summed E-state index contributed by atoms with van der Waals surface area (Å²) in [6.07, 6.45) is 5.00. The first-order valence-electron chi connectivity index (χ1n) is 7.50. The fourth-order valence-corrected chi connectivity index (χ4v) is 3.04. The lowest BCUT2D eigenvalue weighted by Crippen LogP contribution is -2.35. The number of nitrogens with one attached hydrogen (secondary N) is 1. The molecular formula is C17H17Cl2N3O. The number of aromatic nitrogens is 2. The Kier molecular flexibility index (Phi) is 4.74. The molecule has 0 unspecified atom stereocenters. The number of nitrogens with zero attached hydrogens (tertiary/aromatic N) is 2. The maximum absolute atomic E-state index is 12.2.